The van der Waals surface area contributed by atoms with Crippen molar-refractivity contribution in [2.45, 2.75) is 12.2 Å². The van der Waals surface area contributed by atoms with Crippen LogP contribution in [0.1, 0.15) is 11.7 Å². The van der Waals surface area contributed by atoms with Crippen molar-refractivity contribution in [1.82, 2.24) is 0 Å². The van der Waals surface area contributed by atoms with Gasteiger partial charge >= 0.3 is 0 Å². The predicted octanol–water partition coefficient (Wildman–Crippen LogP) is 1.56. The molecule has 0 aliphatic carbocycles. The highest BCUT2D eigenvalue weighted by atomic mass is 16.6. The molecule has 1 aliphatic rings. The van der Waals surface area contributed by atoms with Gasteiger partial charge in [-0.3, -0.25) is 10.1 Å². The number of rotatable bonds is 2. The average molecular weight is 190 g/mol. The van der Waals surface area contributed by atoms with Crippen molar-refractivity contribution in [3.63, 3.8) is 0 Å². The number of benzene rings is 1. The van der Waals surface area contributed by atoms with Gasteiger partial charge < -0.3 is 4.74 Å². The van der Waals surface area contributed by atoms with E-state index in [1.165, 1.54) is 12.1 Å². The van der Waals surface area contributed by atoms with Crippen molar-refractivity contribution in [1.29, 1.82) is 5.26 Å². The zero-order valence-electron chi connectivity index (χ0n) is 7.08. The molecule has 1 fully saturated rings. The smallest absolute Gasteiger partial charge is 0.269 e. The van der Waals surface area contributed by atoms with Gasteiger partial charge in [-0.15, -0.1) is 0 Å². The van der Waals surface area contributed by atoms with Crippen molar-refractivity contribution in [2.75, 3.05) is 0 Å². The van der Waals surface area contributed by atoms with Crippen molar-refractivity contribution in [2.24, 2.45) is 0 Å². The monoisotopic (exact) mass is 190 g/mol. The van der Waals surface area contributed by atoms with Crippen LogP contribution in [0.25, 0.3) is 0 Å². The maximum absolute atomic E-state index is 10.3. The lowest BCUT2D eigenvalue weighted by Gasteiger charge is -1.93. The normalized spacial score (nSPS) is 23.9. The number of non-ortho nitro benzene ring substituents is 1. The number of nitro groups is 1. The molecule has 0 amide bonds. The average Bonchev–Trinajstić information content (AvgIpc) is 2.97. The first-order chi connectivity index (χ1) is 6.72. The molecule has 1 aromatic carbocycles. The van der Waals surface area contributed by atoms with Gasteiger partial charge in [0, 0.05) is 12.1 Å². The van der Waals surface area contributed by atoms with E-state index in [9.17, 15) is 10.1 Å². The Morgan fingerprint density at radius 3 is 2.50 bits per heavy atom. The van der Waals surface area contributed by atoms with Gasteiger partial charge in [-0.1, -0.05) is 0 Å². The molecule has 0 unspecified atom stereocenters. The van der Waals surface area contributed by atoms with Crippen LogP contribution in [0.4, 0.5) is 5.69 Å². The standard InChI is InChI=1S/C9H6N2O3/c10-5-8-9(14-8)6-1-3-7(4-2-6)11(12)13/h1-4,8-9H/t8-,9-/m1/s1. The third-order valence-corrected chi connectivity index (χ3v) is 2.05. The molecule has 14 heavy (non-hydrogen) atoms. The Morgan fingerprint density at radius 2 is 2.07 bits per heavy atom. The molecule has 0 aromatic heterocycles. The van der Waals surface area contributed by atoms with Gasteiger partial charge in [-0.25, -0.2) is 0 Å². The highest BCUT2D eigenvalue weighted by Crippen LogP contribution is 2.38. The Labute approximate surface area is 79.7 Å². The van der Waals surface area contributed by atoms with Crippen LogP contribution < -0.4 is 0 Å². The molecule has 2 atom stereocenters. The molecule has 1 saturated heterocycles. The van der Waals surface area contributed by atoms with Crippen molar-refractivity contribution in [3.8, 4) is 6.07 Å². The minimum Gasteiger partial charge on any atom is -0.348 e. The van der Waals surface area contributed by atoms with E-state index in [1.54, 1.807) is 12.1 Å². The molecule has 0 N–H and O–H groups in total. The zero-order chi connectivity index (χ0) is 10.1. The molecule has 1 heterocycles. The molecule has 1 aromatic rings. The maximum atomic E-state index is 10.3. The Hall–Kier alpha value is -1.93. The fourth-order valence-corrected chi connectivity index (χ4v) is 1.25. The highest BCUT2D eigenvalue weighted by molar-refractivity contribution is 5.36. The summed E-state index contributed by atoms with van der Waals surface area (Å²) in [5.74, 6) is 0. The lowest BCUT2D eigenvalue weighted by Crippen LogP contribution is -1.89. The van der Waals surface area contributed by atoms with Gasteiger partial charge in [0.1, 0.15) is 6.10 Å². The molecule has 1 aliphatic heterocycles. The van der Waals surface area contributed by atoms with Crippen molar-refractivity contribution < 1.29 is 9.66 Å². The van der Waals surface area contributed by atoms with Gasteiger partial charge in [0.15, 0.2) is 6.10 Å². The van der Waals surface area contributed by atoms with Gasteiger partial charge in [0.05, 0.1) is 11.0 Å². The second kappa shape index (κ2) is 3.09. The first-order valence-electron chi connectivity index (χ1n) is 4.02. The van der Waals surface area contributed by atoms with E-state index in [0.717, 1.165) is 5.56 Å². The van der Waals surface area contributed by atoms with Crippen LogP contribution in [0.2, 0.25) is 0 Å². The summed E-state index contributed by atoms with van der Waals surface area (Å²) in [6.07, 6.45) is -0.600. The quantitative estimate of drug-likeness (QED) is 0.402. The van der Waals surface area contributed by atoms with E-state index < -0.39 is 11.0 Å². The summed E-state index contributed by atoms with van der Waals surface area (Å²) in [5, 5.41) is 18.8. The maximum Gasteiger partial charge on any atom is 0.269 e. The Kier molecular flexibility index (Phi) is 1.91. The molecule has 0 saturated carbocycles. The minimum absolute atomic E-state index is 0.0444. The highest BCUT2D eigenvalue weighted by Gasteiger charge is 2.40. The lowest BCUT2D eigenvalue weighted by molar-refractivity contribution is -0.384. The van der Waals surface area contributed by atoms with Gasteiger partial charge in [-0.05, 0) is 17.7 Å². The van der Waals surface area contributed by atoms with E-state index in [1.807, 2.05) is 6.07 Å². The van der Waals surface area contributed by atoms with E-state index in [4.69, 9.17) is 10.00 Å². The van der Waals surface area contributed by atoms with E-state index in [-0.39, 0.29) is 11.8 Å². The molecular weight excluding hydrogens is 184 g/mol. The largest absolute Gasteiger partial charge is 0.348 e. The third-order valence-electron chi connectivity index (χ3n) is 2.05. The SMILES string of the molecule is N#C[C@H]1O[C@@H]1c1ccc([N+](=O)[O-])cc1. The van der Waals surface area contributed by atoms with Crippen LogP contribution in [0.3, 0.4) is 0 Å². The Balaban J connectivity index is 2.16. The molecule has 0 bridgehead atoms. The predicted molar refractivity (Wildman–Crippen MR) is 46.3 cm³/mol. The number of hydrogen-bond donors (Lipinski definition) is 0. The van der Waals surface area contributed by atoms with Crippen LogP contribution in [-0.4, -0.2) is 11.0 Å². The van der Waals surface area contributed by atoms with Crippen LogP contribution >= 0.6 is 0 Å². The first-order valence-corrected chi connectivity index (χ1v) is 4.02. The lowest BCUT2D eigenvalue weighted by atomic mass is 10.1. The molecular formula is C9H6N2O3. The number of hydrogen-bond acceptors (Lipinski definition) is 4. The second-order valence-corrected chi connectivity index (χ2v) is 2.96. The zero-order valence-corrected chi connectivity index (χ0v) is 7.08. The minimum atomic E-state index is -0.459. The van der Waals surface area contributed by atoms with Gasteiger partial charge in [-0.2, -0.15) is 5.26 Å². The van der Waals surface area contributed by atoms with E-state index >= 15 is 0 Å². The fourth-order valence-electron chi connectivity index (χ4n) is 1.25. The van der Waals surface area contributed by atoms with Crippen molar-refractivity contribution in [3.05, 3.63) is 39.9 Å². The number of nitrogens with zero attached hydrogens (tertiary/aromatic N) is 2. The number of epoxide rings is 1. The summed E-state index contributed by atoms with van der Waals surface area (Å²) < 4.78 is 5.02. The molecule has 5 nitrogen and oxygen atoms in total. The van der Waals surface area contributed by atoms with E-state index in [0.29, 0.717) is 0 Å². The summed E-state index contributed by atoms with van der Waals surface area (Å²) in [7, 11) is 0. The van der Waals surface area contributed by atoms with Crippen LogP contribution in [0.15, 0.2) is 24.3 Å². The second-order valence-electron chi connectivity index (χ2n) is 2.96. The Bertz CT molecular complexity index is 407. The van der Waals surface area contributed by atoms with Crippen LogP contribution in [0.5, 0.6) is 0 Å². The molecule has 2 rings (SSSR count). The summed E-state index contributed by atoms with van der Waals surface area (Å²) in [6, 6.07) is 8.01. The summed E-state index contributed by atoms with van der Waals surface area (Å²) in [5.41, 5.74) is 0.852. The summed E-state index contributed by atoms with van der Waals surface area (Å²) >= 11 is 0. The van der Waals surface area contributed by atoms with E-state index in [2.05, 4.69) is 0 Å². The number of nitriles is 1. The summed E-state index contributed by atoms with van der Waals surface area (Å²) in [6.45, 7) is 0. The molecule has 5 heteroatoms. The van der Waals surface area contributed by atoms with Crippen molar-refractivity contribution >= 4 is 5.69 Å². The molecule has 0 spiro atoms. The Morgan fingerprint density at radius 1 is 1.43 bits per heavy atom. The summed E-state index contributed by atoms with van der Waals surface area (Å²) in [4.78, 5) is 9.88. The third kappa shape index (κ3) is 1.43. The fraction of sp³-hybridized carbons (Fsp3) is 0.222. The van der Waals surface area contributed by atoms with Crippen LogP contribution in [-0.2, 0) is 4.74 Å². The number of nitro benzene ring substituents is 1. The molecule has 0 radical (unpaired) electrons. The van der Waals surface area contributed by atoms with Crippen LogP contribution in [0, 0.1) is 21.4 Å². The molecule has 70 valence electrons. The first kappa shape index (κ1) is 8.66. The van der Waals surface area contributed by atoms with Gasteiger partial charge in [0.2, 0.25) is 0 Å². The number of ether oxygens (including phenoxy) is 1. The topological polar surface area (TPSA) is 79.5 Å². The van der Waals surface area contributed by atoms with Gasteiger partial charge in [0.25, 0.3) is 5.69 Å².